The Kier molecular flexibility index (Phi) is 4.43. The minimum Gasteiger partial charge on any atom is -0.378 e. The van der Waals surface area contributed by atoms with Gasteiger partial charge in [-0.15, -0.1) is 0 Å². The summed E-state index contributed by atoms with van der Waals surface area (Å²) in [7, 11) is 3.90. The maximum absolute atomic E-state index is 12.3. The van der Waals surface area contributed by atoms with Crippen molar-refractivity contribution in [3.05, 3.63) is 52.0 Å². The van der Waals surface area contributed by atoms with Gasteiger partial charge in [0.15, 0.2) is 5.13 Å². The summed E-state index contributed by atoms with van der Waals surface area (Å²) in [5.74, 6) is -0.221. The smallest absolute Gasteiger partial charge is 0.257 e. The minimum absolute atomic E-state index is 0.221. The summed E-state index contributed by atoms with van der Waals surface area (Å²) in [5.41, 5.74) is 2.19. The first-order valence-electron chi connectivity index (χ1n) is 6.79. The highest BCUT2D eigenvalue weighted by molar-refractivity contribution is 7.23. The van der Waals surface area contributed by atoms with Crippen LogP contribution in [0.2, 0.25) is 10.0 Å². The lowest BCUT2D eigenvalue weighted by Gasteiger charge is -2.12. The minimum atomic E-state index is -0.221. The van der Waals surface area contributed by atoms with E-state index in [9.17, 15) is 4.79 Å². The largest absolute Gasteiger partial charge is 0.378 e. The highest BCUT2D eigenvalue weighted by atomic mass is 35.5. The molecule has 7 heteroatoms. The Labute approximate surface area is 147 Å². The molecule has 0 spiro atoms. The van der Waals surface area contributed by atoms with Crippen LogP contribution in [-0.2, 0) is 0 Å². The van der Waals surface area contributed by atoms with Crippen LogP contribution in [0.4, 0.5) is 10.8 Å². The summed E-state index contributed by atoms with van der Waals surface area (Å²) in [6.45, 7) is 0. The normalized spacial score (nSPS) is 10.8. The van der Waals surface area contributed by atoms with Gasteiger partial charge in [-0.05, 0) is 36.4 Å². The molecular formula is C16H13Cl2N3OS. The van der Waals surface area contributed by atoms with Crippen molar-refractivity contribution in [2.24, 2.45) is 0 Å². The number of hydrogen-bond acceptors (Lipinski definition) is 4. The van der Waals surface area contributed by atoms with E-state index in [0.29, 0.717) is 26.3 Å². The van der Waals surface area contributed by atoms with Gasteiger partial charge in [0.25, 0.3) is 5.91 Å². The number of hydrogen-bond donors (Lipinski definition) is 1. The molecule has 0 radical (unpaired) electrons. The van der Waals surface area contributed by atoms with E-state index in [1.54, 1.807) is 24.3 Å². The molecule has 4 nitrogen and oxygen atoms in total. The van der Waals surface area contributed by atoms with Crippen LogP contribution in [0, 0.1) is 0 Å². The molecular weight excluding hydrogens is 353 g/mol. The van der Waals surface area contributed by atoms with Gasteiger partial charge in [-0.25, -0.2) is 4.98 Å². The number of amides is 1. The average molecular weight is 366 g/mol. The molecule has 0 fully saturated rings. The Bertz CT molecular complexity index is 836. The van der Waals surface area contributed by atoms with Crippen molar-refractivity contribution in [2.45, 2.75) is 0 Å². The van der Waals surface area contributed by atoms with Crippen molar-refractivity contribution in [2.75, 3.05) is 24.3 Å². The van der Waals surface area contributed by atoms with E-state index >= 15 is 0 Å². The topological polar surface area (TPSA) is 45.2 Å². The van der Waals surface area contributed by atoms with Gasteiger partial charge >= 0.3 is 0 Å². The lowest BCUT2D eigenvalue weighted by Crippen LogP contribution is -2.13. The van der Waals surface area contributed by atoms with Crippen LogP contribution >= 0.6 is 34.5 Å². The second kappa shape index (κ2) is 6.35. The number of nitrogens with one attached hydrogen (secondary N) is 1. The predicted molar refractivity (Wildman–Crippen MR) is 98.4 cm³/mol. The second-order valence-corrected chi connectivity index (χ2v) is 6.93. The van der Waals surface area contributed by atoms with Crippen molar-refractivity contribution in [1.82, 2.24) is 4.98 Å². The monoisotopic (exact) mass is 365 g/mol. The van der Waals surface area contributed by atoms with Gasteiger partial charge < -0.3 is 4.90 Å². The fourth-order valence-electron chi connectivity index (χ4n) is 2.08. The Hall–Kier alpha value is -1.82. The predicted octanol–water partition coefficient (Wildman–Crippen LogP) is 4.92. The zero-order chi connectivity index (χ0) is 16.6. The number of anilines is 2. The molecule has 23 heavy (non-hydrogen) atoms. The van der Waals surface area contributed by atoms with Crippen molar-refractivity contribution < 1.29 is 4.79 Å². The zero-order valence-electron chi connectivity index (χ0n) is 12.4. The van der Waals surface area contributed by atoms with Crippen LogP contribution in [-0.4, -0.2) is 25.0 Å². The van der Waals surface area contributed by atoms with Crippen molar-refractivity contribution >= 4 is 61.5 Å². The van der Waals surface area contributed by atoms with Gasteiger partial charge in [0.2, 0.25) is 0 Å². The molecule has 0 saturated carbocycles. The number of carbonyl (C=O) groups is 1. The number of benzene rings is 2. The van der Waals surface area contributed by atoms with Crippen molar-refractivity contribution in [1.29, 1.82) is 0 Å². The van der Waals surface area contributed by atoms with Gasteiger partial charge in [-0.3, -0.25) is 10.1 Å². The molecule has 1 N–H and O–H groups in total. The van der Waals surface area contributed by atoms with Gasteiger partial charge in [-0.2, -0.15) is 0 Å². The number of rotatable bonds is 3. The van der Waals surface area contributed by atoms with E-state index in [1.807, 2.05) is 31.1 Å². The highest BCUT2D eigenvalue weighted by Crippen LogP contribution is 2.36. The lowest BCUT2D eigenvalue weighted by molar-refractivity contribution is 0.102. The third kappa shape index (κ3) is 3.27. The average Bonchev–Trinajstić information content (AvgIpc) is 2.96. The molecule has 1 heterocycles. The first-order chi connectivity index (χ1) is 11.0. The fraction of sp³-hybridized carbons (Fsp3) is 0.125. The molecule has 0 aliphatic heterocycles. The van der Waals surface area contributed by atoms with E-state index in [-0.39, 0.29) is 5.91 Å². The van der Waals surface area contributed by atoms with Crippen LogP contribution in [0.1, 0.15) is 10.4 Å². The van der Waals surface area contributed by atoms with Crippen LogP contribution in [0.15, 0.2) is 36.4 Å². The fourth-order valence-corrected chi connectivity index (χ4v) is 3.49. The molecule has 0 aliphatic carbocycles. The second-order valence-electron chi connectivity index (χ2n) is 5.12. The van der Waals surface area contributed by atoms with Gasteiger partial charge in [-0.1, -0.05) is 34.5 Å². The van der Waals surface area contributed by atoms with Crippen LogP contribution in [0.3, 0.4) is 0 Å². The number of aromatic nitrogens is 1. The maximum atomic E-state index is 12.3. The summed E-state index contributed by atoms with van der Waals surface area (Å²) in [4.78, 5) is 18.6. The van der Waals surface area contributed by atoms with E-state index in [4.69, 9.17) is 23.2 Å². The van der Waals surface area contributed by atoms with E-state index in [2.05, 4.69) is 10.3 Å². The Morgan fingerprint density at radius 3 is 2.35 bits per heavy atom. The molecule has 0 unspecified atom stereocenters. The van der Waals surface area contributed by atoms with Gasteiger partial charge in [0.05, 0.1) is 14.7 Å². The Morgan fingerprint density at radius 1 is 1.09 bits per heavy atom. The lowest BCUT2D eigenvalue weighted by atomic mass is 10.2. The summed E-state index contributed by atoms with van der Waals surface area (Å²) in [5, 5.41) is 4.34. The molecule has 3 aromatic rings. The number of halogens is 2. The molecule has 0 aliphatic rings. The Balaban J connectivity index is 1.85. The Morgan fingerprint density at radius 2 is 1.74 bits per heavy atom. The molecule has 118 valence electrons. The van der Waals surface area contributed by atoms with Gasteiger partial charge in [0.1, 0.15) is 5.52 Å². The maximum Gasteiger partial charge on any atom is 0.257 e. The number of nitrogens with zero attached hydrogens (tertiary/aromatic N) is 2. The first kappa shape index (κ1) is 16.1. The number of fused-ring (bicyclic) bond motifs is 1. The molecule has 3 rings (SSSR count). The third-order valence-corrected chi connectivity index (χ3v) is 5.05. The molecule has 1 amide bonds. The standard InChI is InChI=1S/C16H13Cl2N3OS/c1-21(2)10-5-3-9(4-6-10)15(22)20-16-19-13-11(17)7-8-12(18)14(13)23-16/h3-8H,1-2H3,(H,19,20,22). The number of thiazole rings is 1. The van der Waals surface area contributed by atoms with Crippen LogP contribution < -0.4 is 10.2 Å². The molecule has 1 aromatic heterocycles. The van der Waals surface area contributed by atoms with Crippen molar-refractivity contribution in [3.63, 3.8) is 0 Å². The summed E-state index contributed by atoms with van der Waals surface area (Å²) < 4.78 is 0.762. The third-order valence-electron chi connectivity index (χ3n) is 3.31. The molecule has 2 aromatic carbocycles. The summed E-state index contributed by atoms with van der Waals surface area (Å²) in [6.07, 6.45) is 0. The van der Waals surface area contributed by atoms with E-state index in [0.717, 1.165) is 10.4 Å². The number of carbonyl (C=O) groups excluding carboxylic acids is 1. The highest BCUT2D eigenvalue weighted by Gasteiger charge is 2.13. The van der Waals surface area contributed by atoms with Crippen molar-refractivity contribution in [3.8, 4) is 0 Å². The summed E-state index contributed by atoms with van der Waals surface area (Å²) >= 11 is 13.5. The van der Waals surface area contributed by atoms with Crippen LogP contribution in [0.5, 0.6) is 0 Å². The zero-order valence-corrected chi connectivity index (χ0v) is 14.8. The molecule has 0 atom stereocenters. The molecule has 0 bridgehead atoms. The SMILES string of the molecule is CN(C)c1ccc(C(=O)Nc2nc3c(Cl)ccc(Cl)c3s2)cc1. The summed E-state index contributed by atoms with van der Waals surface area (Å²) in [6, 6.07) is 10.7. The van der Waals surface area contributed by atoms with E-state index < -0.39 is 0 Å². The first-order valence-corrected chi connectivity index (χ1v) is 8.36. The van der Waals surface area contributed by atoms with E-state index in [1.165, 1.54) is 11.3 Å². The quantitative estimate of drug-likeness (QED) is 0.716. The van der Waals surface area contributed by atoms with Gasteiger partial charge in [0, 0.05) is 25.3 Å². The molecule has 0 saturated heterocycles. The van der Waals surface area contributed by atoms with Crippen LogP contribution in [0.25, 0.3) is 10.2 Å².